The Kier molecular flexibility index (Phi) is 19.6. The molecule has 1 aromatic carbocycles. The summed E-state index contributed by atoms with van der Waals surface area (Å²) in [6.45, 7) is 6.96. The lowest BCUT2D eigenvalue weighted by Gasteiger charge is -2.45. The van der Waals surface area contributed by atoms with Gasteiger partial charge in [-0.2, -0.15) is 0 Å². The molecule has 1 saturated heterocycles. The molecular formula is C50H72N10O16S. The van der Waals surface area contributed by atoms with Crippen LogP contribution in [-0.2, 0) is 69.9 Å². The van der Waals surface area contributed by atoms with Crippen molar-refractivity contribution in [2.45, 2.75) is 164 Å². The molecule has 7 rings (SSSR count). The molecule has 8 bridgehead atoms. The number of aliphatic hydroxyl groups excluding tert-OH is 3. The van der Waals surface area contributed by atoms with Crippen molar-refractivity contribution in [2.24, 2.45) is 17.6 Å². The number of hydrogen-bond donors (Lipinski definition) is 12. The monoisotopic (exact) mass is 1100 g/mol. The number of aliphatic hydroxyl groups is 3. The van der Waals surface area contributed by atoms with E-state index in [1.54, 1.807) is 34.6 Å². The summed E-state index contributed by atoms with van der Waals surface area (Å²) in [7, 11) is -2.38. The lowest BCUT2D eigenvalue weighted by Crippen LogP contribution is -2.68. The summed E-state index contributed by atoms with van der Waals surface area (Å²) in [5, 5.41) is 50.5. The number of nitrogens with one attached hydrogen (secondary N) is 8. The number of carbonyl (C=O) groups is 10. The van der Waals surface area contributed by atoms with Gasteiger partial charge in [0, 0.05) is 43.2 Å². The van der Waals surface area contributed by atoms with Crippen LogP contribution < -0.4 is 47.7 Å². The van der Waals surface area contributed by atoms with E-state index in [0.717, 1.165) is 0 Å². The largest absolute Gasteiger partial charge is 0.465 e. The number of rotatable bonds is 13. The number of nitrogens with two attached hydrogens (primary N) is 1. The first-order valence-electron chi connectivity index (χ1n) is 25.8. The highest BCUT2D eigenvalue weighted by atomic mass is 32.2. The normalized spacial score (nSPS) is 28.5. The zero-order chi connectivity index (χ0) is 56.7. The van der Waals surface area contributed by atoms with E-state index in [0.29, 0.717) is 6.42 Å². The lowest BCUT2D eigenvalue weighted by atomic mass is 9.89. The molecule has 6 heterocycles. The highest BCUT2D eigenvalue weighted by molar-refractivity contribution is 7.85. The van der Waals surface area contributed by atoms with E-state index < -0.39 is 193 Å². The van der Waals surface area contributed by atoms with E-state index in [9.17, 15) is 57.9 Å². The van der Waals surface area contributed by atoms with Crippen LogP contribution in [0.3, 0.4) is 0 Å². The zero-order valence-corrected chi connectivity index (χ0v) is 44.8. The van der Waals surface area contributed by atoms with Crippen molar-refractivity contribution in [3.8, 4) is 5.75 Å². The fourth-order valence-corrected chi connectivity index (χ4v) is 11.4. The molecule has 77 heavy (non-hydrogen) atoms. The molecular weight excluding hydrogens is 1030 g/mol. The maximum Gasteiger partial charge on any atom is 0.306 e. The number of ether oxygens (including phenoxy) is 2. The number of primary amides is 1. The smallest absolute Gasteiger partial charge is 0.306 e. The summed E-state index contributed by atoms with van der Waals surface area (Å²) in [4.78, 5) is 146. The van der Waals surface area contributed by atoms with Crippen molar-refractivity contribution in [1.82, 2.24) is 47.1 Å². The highest BCUT2D eigenvalue weighted by Gasteiger charge is 2.57. The maximum absolute atomic E-state index is 16.0. The Morgan fingerprint density at radius 2 is 1.57 bits per heavy atom. The first-order chi connectivity index (χ1) is 36.2. The molecule has 26 nitrogen and oxygen atoms in total. The summed E-state index contributed by atoms with van der Waals surface area (Å²) in [5.74, 6) is -12.3. The second kappa shape index (κ2) is 25.3. The van der Waals surface area contributed by atoms with Gasteiger partial charge in [-0.15, -0.1) is 0 Å². The van der Waals surface area contributed by atoms with E-state index in [1.807, 2.05) is 0 Å². The number of hydrogen-bond acceptors (Lipinski definition) is 17. The van der Waals surface area contributed by atoms with Gasteiger partial charge in [-0.1, -0.05) is 33.6 Å². The minimum absolute atomic E-state index is 0.0312. The Balaban J connectivity index is 1.64. The fourth-order valence-electron chi connectivity index (χ4n) is 9.96. The number of fused-ring (bicyclic) bond motifs is 7. The van der Waals surface area contributed by atoms with Gasteiger partial charge in [-0.25, -0.2) is 4.90 Å². The third-order valence-electron chi connectivity index (χ3n) is 14.2. The van der Waals surface area contributed by atoms with Crippen LogP contribution in [0.5, 0.6) is 5.75 Å². The van der Waals surface area contributed by atoms with Gasteiger partial charge in [0.05, 0.1) is 66.4 Å². The molecule has 12 atom stereocenters. The fraction of sp³-hybridized carbons (Fsp3) is 0.640. The van der Waals surface area contributed by atoms with Gasteiger partial charge >= 0.3 is 5.97 Å². The van der Waals surface area contributed by atoms with Crippen molar-refractivity contribution in [1.29, 1.82) is 0 Å². The average Bonchev–Trinajstić information content (AvgIpc) is 4.00. The Morgan fingerprint density at radius 1 is 0.883 bits per heavy atom. The molecule has 4 unspecified atom stereocenters. The first-order valence-corrected chi connectivity index (χ1v) is 27.1. The number of carbonyl (C=O) groups excluding carboxylic acids is 10. The first kappa shape index (κ1) is 59.7. The number of aromatic nitrogens is 1. The number of nitrogens with zero attached hydrogens (tertiary/aromatic N) is 1. The maximum atomic E-state index is 16.0. The van der Waals surface area contributed by atoms with Gasteiger partial charge in [-0.05, 0) is 63.6 Å². The van der Waals surface area contributed by atoms with Crippen LogP contribution in [0.2, 0.25) is 0 Å². The lowest BCUT2D eigenvalue weighted by molar-refractivity contribution is -0.166. The third kappa shape index (κ3) is 14.5. The summed E-state index contributed by atoms with van der Waals surface area (Å²) >= 11 is 0. The molecule has 0 radical (unpaired) electrons. The van der Waals surface area contributed by atoms with E-state index >= 15 is 9.59 Å². The summed E-state index contributed by atoms with van der Waals surface area (Å²) < 4.78 is 27.3. The quantitative estimate of drug-likeness (QED) is 0.0694. The number of amides is 8. The van der Waals surface area contributed by atoms with Crippen LogP contribution in [-0.4, -0.2) is 180 Å². The number of esters is 1. The van der Waals surface area contributed by atoms with Gasteiger partial charge in [0.1, 0.15) is 46.6 Å². The van der Waals surface area contributed by atoms with Gasteiger partial charge in [0.25, 0.3) is 0 Å². The molecule has 27 heteroatoms. The second-order valence-corrected chi connectivity index (χ2v) is 22.6. The third-order valence-corrected chi connectivity index (χ3v) is 15.6. The van der Waals surface area contributed by atoms with Crippen LogP contribution in [0, 0.1) is 11.8 Å². The van der Waals surface area contributed by atoms with Crippen molar-refractivity contribution in [3.05, 3.63) is 23.8 Å². The summed E-state index contributed by atoms with van der Waals surface area (Å²) in [6, 6.07) is -5.75. The Morgan fingerprint density at radius 3 is 2.23 bits per heavy atom. The number of benzene rings is 1. The Hall–Kier alpha value is -6.55. The molecule has 13 N–H and O–H groups in total. The van der Waals surface area contributed by atoms with E-state index in [2.05, 4.69) is 42.2 Å². The van der Waals surface area contributed by atoms with E-state index in [4.69, 9.17) is 15.2 Å². The predicted octanol–water partition coefficient (Wildman–Crippen LogP) is -3.20. The van der Waals surface area contributed by atoms with Gasteiger partial charge in [0.15, 0.2) is 0 Å². The molecule has 5 aliphatic rings. The molecule has 8 amide bonds. The topological polar surface area (TPSA) is 396 Å². The zero-order valence-electron chi connectivity index (χ0n) is 44.0. The number of ketones is 1. The van der Waals surface area contributed by atoms with Crippen molar-refractivity contribution < 1.29 is 76.9 Å². The van der Waals surface area contributed by atoms with Crippen molar-refractivity contribution >= 4 is 80.7 Å². The van der Waals surface area contributed by atoms with Gasteiger partial charge in [-0.3, -0.25) is 52.2 Å². The van der Waals surface area contributed by atoms with Crippen LogP contribution in [0.4, 0.5) is 0 Å². The molecule has 5 aliphatic heterocycles. The van der Waals surface area contributed by atoms with Crippen LogP contribution >= 0.6 is 0 Å². The van der Waals surface area contributed by atoms with Crippen LogP contribution in [0.1, 0.15) is 98.5 Å². The molecule has 0 saturated carbocycles. The van der Waals surface area contributed by atoms with Gasteiger partial charge in [0.2, 0.25) is 58.8 Å². The average molecular weight is 1100 g/mol. The number of aromatic amines is 1. The number of H-pyrrole nitrogens is 1. The summed E-state index contributed by atoms with van der Waals surface area (Å²) in [5.41, 5.74) is 2.83. The number of unbranched alkanes of at least 4 members (excludes halogenated alkanes) is 2. The predicted molar refractivity (Wildman–Crippen MR) is 273 cm³/mol. The minimum Gasteiger partial charge on any atom is -0.465 e. The SMILES string of the molecule is CC[C@H](C)[C@@H]1NC(=O)CNC(=O)C2Cc3c4[nH]c5cc(ccc35)OC(CCCCCC(=O)OC(C)(C)C)(C(=O)[C@H](CC(N)=O)NC(=O)C(C[S@@]4=O)NC(=O)CNC1=O)N1CC(O)C[C@H]1C(=O)N[C@@H]([C@@H](C)[C@@H](O)CO)C(=O)N2. The molecule has 0 spiro atoms. The van der Waals surface area contributed by atoms with Crippen molar-refractivity contribution in [2.75, 3.05) is 32.0 Å². The summed E-state index contributed by atoms with van der Waals surface area (Å²) in [6.07, 6.45) is -4.42. The Bertz CT molecular complexity index is 2640. The van der Waals surface area contributed by atoms with E-state index in [-0.39, 0.29) is 59.3 Å². The van der Waals surface area contributed by atoms with Crippen molar-refractivity contribution in [3.63, 3.8) is 0 Å². The second-order valence-electron chi connectivity index (χ2n) is 21.2. The van der Waals surface area contributed by atoms with Gasteiger partial charge < -0.3 is 72.7 Å². The van der Waals surface area contributed by atoms with E-state index in [1.165, 1.54) is 30.0 Å². The van der Waals surface area contributed by atoms with Crippen LogP contribution in [0.15, 0.2) is 23.2 Å². The van der Waals surface area contributed by atoms with Crippen LogP contribution in [0.25, 0.3) is 10.9 Å². The minimum atomic E-state index is -2.46. The highest BCUT2D eigenvalue weighted by Crippen LogP contribution is 2.39. The Labute approximate surface area is 446 Å². The number of Topliss-reactive ketones (excluding diaryl/α,β-unsaturated/α-hetero) is 1. The molecule has 424 valence electrons. The molecule has 0 aliphatic carbocycles. The molecule has 1 aromatic heterocycles. The standard InChI is InChI=1S/C50H72N10O16S/c1-7-24(2)40-46(72)53-19-37(65)54-33-23-77(74)48-29-17-32(43(69)52-20-38(66)58-40)56-47(73)41(25(3)35(63)22-61)59-45(71)34-15-26(62)21-60(34)50(42(68)31(18-36(51)64)55-44(33)70,75-27-12-13-28(29)30(16-27)57-48)14-10-8-9-11-39(67)76-49(4,5)6/h12-13,16,24-26,31-35,40-41,57,61-63H,7-11,14-15,17-23H2,1-6H3,(H2,51,64)(H,52,69)(H,53,72)(H,54,65)(H,55,70)(H,56,73)(H,58,66)(H,59,71)/t24-,25-,26?,31-,32?,33?,34-,35-,40-,41-,50?,77-/m0/s1. The molecule has 1 fully saturated rings. The molecule has 2 aromatic rings.